The minimum absolute atomic E-state index is 0.0953. The summed E-state index contributed by atoms with van der Waals surface area (Å²) in [7, 11) is 1.68. The fourth-order valence-electron chi connectivity index (χ4n) is 4.22. The Morgan fingerprint density at radius 1 is 1.31 bits per heavy atom. The molecule has 146 valence electrons. The monoisotopic (exact) mass is 382 g/mol. The van der Waals surface area contributed by atoms with Crippen LogP contribution < -0.4 is 4.80 Å². The van der Waals surface area contributed by atoms with Gasteiger partial charge in [0.05, 0.1) is 13.2 Å². The van der Waals surface area contributed by atoms with Crippen LogP contribution in [0.5, 0.6) is 0 Å². The van der Waals surface area contributed by atoms with Gasteiger partial charge in [-0.05, 0) is 32.1 Å². The number of hydrogen-bond donors (Lipinski definition) is 0. The molecule has 0 spiro atoms. The van der Waals surface area contributed by atoms with Gasteiger partial charge in [0.25, 0.3) is 5.91 Å². The fourth-order valence-corrected chi connectivity index (χ4v) is 5.22. The lowest BCUT2D eigenvalue weighted by Gasteiger charge is -2.43. The highest BCUT2D eigenvalue weighted by molar-refractivity contribution is 7.09. The molecule has 1 aliphatic carbocycles. The highest BCUT2D eigenvalue weighted by Crippen LogP contribution is 2.61. The largest absolute Gasteiger partial charge is 0.383 e. The molecule has 2 atom stereocenters. The summed E-state index contributed by atoms with van der Waals surface area (Å²) in [5.41, 5.74) is -0.252. The summed E-state index contributed by atoms with van der Waals surface area (Å²) in [6, 6.07) is 0. The van der Waals surface area contributed by atoms with Crippen LogP contribution in [0.1, 0.15) is 44.2 Å². The summed E-state index contributed by atoms with van der Waals surface area (Å²) in [6.07, 6.45) is 1.58. The third-order valence-electron chi connectivity index (χ3n) is 6.81. The van der Waals surface area contributed by atoms with Gasteiger partial charge in [-0.1, -0.05) is 20.8 Å². The summed E-state index contributed by atoms with van der Waals surface area (Å²) in [4.78, 5) is 19.9. The predicted octanol–water partition coefficient (Wildman–Crippen LogP) is 2.81. The van der Waals surface area contributed by atoms with Crippen molar-refractivity contribution in [1.82, 2.24) is 4.57 Å². The Bertz CT molecular complexity index is 762. The van der Waals surface area contributed by atoms with Crippen molar-refractivity contribution in [3.63, 3.8) is 0 Å². The molecule has 1 aromatic heterocycles. The van der Waals surface area contributed by atoms with Gasteiger partial charge in [0.2, 0.25) is 0 Å². The number of hydrogen-bond acceptors (Lipinski definition) is 5. The maximum atomic E-state index is 13.4. The first-order chi connectivity index (χ1) is 12.2. The number of fused-ring (bicyclic) bond motifs is 2. The summed E-state index contributed by atoms with van der Waals surface area (Å²) < 4.78 is 19.0. The van der Waals surface area contributed by atoms with Crippen LogP contribution >= 0.6 is 11.3 Å². The van der Waals surface area contributed by atoms with E-state index in [1.165, 1.54) is 0 Å². The molecule has 0 aromatic carbocycles. The molecule has 1 aliphatic heterocycles. The van der Waals surface area contributed by atoms with E-state index in [1.807, 2.05) is 0 Å². The second kappa shape index (κ2) is 6.86. The number of carbonyl (C=O) groups is 1. The van der Waals surface area contributed by atoms with Crippen LogP contribution in [0, 0.1) is 24.7 Å². The van der Waals surface area contributed by atoms with E-state index in [9.17, 15) is 4.79 Å². The van der Waals surface area contributed by atoms with Crippen LogP contribution in [0.15, 0.2) is 4.99 Å². The van der Waals surface area contributed by atoms with E-state index in [1.54, 1.807) is 18.4 Å². The van der Waals surface area contributed by atoms with Gasteiger partial charge < -0.3 is 18.8 Å². The van der Waals surface area contributed by atoms with Gasteiger partial charge in [0.15, 0.2) is 10.4 Å². The normalized spacial score (nSPS) is 31.2. The number of rotatable bonds is 4. The topological polar surface area (TPSA) is 62.1 Å². The van der Waals surface area contributed by atoms with E-state index in [-0.39, 0.29) is 23.5 Å². The van der Waals surface area contributed by atoms with Crippen molar-refractivity contribution in [3.05, 3.63) is 15.4 Å². The standard InChI is InChI=1S/C19H30N2O4S/c1-13-14(2)26-16(21(13)9-10-23-6)20-15(22)19-8-7-18(5,17(19,3)4)11-24-12-25-19/h7-12H2,1-6H3. The fraction of sp³-hybridized carbons (Fsp3) is 0.789. The van der Waals surface area contributed by atoms with Crippen LogP contribution in [0.4, 0.5) is 0 Å². The smallest absolute Gasteiger partial charge is 0.281 e. The molecule has 6 nitrogen and oxygen atoms in total. The number of carbonyl (C=O) groups excluding carboxylic acids is 1. The minimum atomic E-state index is -0.927. The Balaban J connectivity index is 2.05. The number of aromatic nitrogens is 1. The Hall–Kier alpha value is -1.02. The molecule has 2 heterocycles. The van der Waals surface area contributed by atoms with Crippen molar-refractivity contribution in [2.45, 2.75) is 59.6 Å². The van der Waals surface area contributed by atoms with Crippen molar-refractivity contribution < 1.29 is 19.0 Å². The van der Waals surface area contributed by atoms with Crippen molar-refractivity contribution in [2.24, 2.45) is 15.8 Å². The molecule has 3 rings (SSSR count). The van der Waals surface area contributed by atoms with Crippen LogP contribution in [-0.4, -0.2) is 43.2 Å². The Kier molecular flexibility index (Phi) is 5.20. The molecule has 0 N–H and O–H groups in total. The first-order valence-electron chi connectivity index (χ1n) is 9.15. The van der Waals surface area contributed by atoms with E-state index < -0.39 is 5.60 Å². The van der Waals surface area contributed by atoms with Crippen LogP contribution in [0.25, 0.3) is 0 Å². The van der Waals surface area contributed by atoms with Crippen molar-refractivity contribution in [1.29, 1.82) is 0 Å². The number of amides is 1. The molecule has 1 saturated heterocycles. The first-order valence-corrected chi connectivity index (χ1v) is 9.97. The van der Waals surface area contributed by atoms with Gasteiger partial charge in [-0.25, -0.2) is 0 Å². The SMILES string of the molecule is COCCn1c(C)c(C)sc1=NC(=O)C12CCC(C)(COCO1)C2(C)C. The van der Waals surface area contributed by atoms with Crippen LogP contribution in [0.3, 0.4) is 0 Å². The third kappa shape index (κ3) is 2.80. The van der Waals surface area contributed by atoms with Crippen LogP contribution in [0.2, 0.25) is 0 Å². The Labute approximate surface area is 159 Å². The lowest BCUT2D eigenvalue weighted by molar-refractivity contribution is -0.174. The molecular formula is C19H30N2O4S. The average molecular weight is 383 g/mol. The molecule has 0 radical (unpaired) electrons. The number of ether oxygens (including phenoxy) is 3. The molecule has 2 aliphatic rings. The van der Waals surface area contributed by atoms with E-state index in [0.717, 1.165) is 21.8 Å². The number of aryl methyl sites for hydroxylation is 1. The van der Waals surface area contributed by atoms with Crippen molar-refractivity contribution >= 4 is 17.2 Å². The lowest BCUT2D eigenvalue weighted by Crippen LogP contribution is -2.53. The van der Waals surface area contributed by atoms with Crippen LogP contribution in [-0.2, 0) is 25.5 Å². The summed E-state index contributed by atoms with van der Waals surface area (Å²) in [5.74, 6) is -0.191. The predicted molar refractivity (Wildman–Crippen MR) is 100.0 cm³/mol. The quantitative estimate of drug-likeness (QED) is 0.803. The minimum Gasteiger partial charge on any atom is -0.383 e. The van der Waals surface area contributed by atoms with E-state index in [4.69, 9.17) is 14.2 Å². The molecule has 1 amide bonds. The third-order valence-corrected chi connectivity index (χ3v) is 7.90. The van der Waals surface area contributed by atoms with Gasteiger partial charge in [0, 0.05) is 29.6 Å². The first kappa shape index (κ1) is 19.7. The highest BCUT2D eigenvalue weighted by atomic mass is 32.1. The second-order valence-electron chi connectivity index (χ2n) is 8.21. The molecule has 26 heavy (non-hydrogen) atoms. The molecule has 2 fully saturated rings. The van der Waals surface area contributed by atoms with Crippen molar-refractivity contribution in [2.75, 3.05) is 27.1 Å². The summed E-state index contributed by atoms with van der Waals surface area (Å²) in [5, 5.41) is 0. The zero-order chi connectivity index (χ0) is 19.2. The number of nitrogens with zero attached hydrogens (tertiary/aromatic N) is 2. The maximum absolute atomic E-state index is 13.4. The summed E-state index contributed by atoms with van der Waals surface area (Å²) >= 11 is 1.54. The van der Waals surface area contributed by atoms with Crippen molar-refractivity contribution in [3.8, 4) is 0 Å². The van der Waals surface area contributed by atoms with E-state index in [0.29, 0.717) is 26.2 Å². The zero-order valence-corrected chi connectivity index (χ0v) is 17.5. The van der Waals surface area contributed by atoms with E-state index in [2.05, 4.69) is 44.2 Å². The van der Waals surface area contributed by atoms with Gasteiger partial charge in [0.1, 0.15) is 6.79 Å². The Morgan fingerprint density at radius 2 is 2.04 bits per heavy atom. The van der Waals surface area contributed by atoms with Gasteiger partial charge in [-0.15, -0.1) is 11.3 Å². The van der Waals surface area contributed by atoms with Gasteiger partial charge in [-0.3, -0.25) is 4.79 Å². The molecule has 2 bridgehead atoms. The lowest BCUT2D eigenvalue weighted by atomic mass is 9.64. The number of methoxy groups -OCH3 is 1. The zero-order valence-electron chi connectivity index (χ0n) is 16.7. The van der Waals surface area contributed by atoms with Gasteiger partial charge in [-0.2, -0.15) is 4.99 Å². The molecule has 2 unspecified atom stereocenters. The molecule has 1 saturated carbocycles. The average Bonchev–Trinajstić information content (AvgIpc) is 2.90. The molecule has 7 heteroatoms. The highest BCUT2D eigenvalue weighted by Gasteiger charge is 2.66. The summed E-state index contributed by atoms with van der Waals surface area (Å²) in [6.45, 7) is 12.5. The second-order valence-corrected chi connectivity index (χ2v) is 9.39. The molecule has 1 aromatic rings. The van der Waals surface area contributed by atoms with Gasteiger partial charge >= 0.3 is 0 Å². The van der Waals surface area contributed by atoms with E-state index >= 15 is 0 Å². The Morgan fingerprint density at radius 3 is 2.73 bits per heavy atom. The molecular weight excluding hydrogens is 352 g/mol. The maximum Gasteiger partial charge on any atom is 0.281 e. The number of thiazole rings is 1.